The Morgan fingerprint density at radius 1 is 1.24 bits per heavy atom. The van der Waals surface area contributed by atoms with Gasteiger partial charge in [0.2, 0.25) is 5.96 Å². The maximum Gasteiger partial charge on any atom is 0.437 e. The number of nitrogens with zero attached hydrogens (tertiary/aromatic N) is 5. The number of carbonyl (C=O) groups is 3. The predicted octanol–water partition coefficient (Wildman–Crippen LogP) is 3.64. The van der Waals surface area contributed by atoms with Gasteiger partial charge in [-0.15, -0.1) is 4.99 Å². The summed E-state index contributed by atoms with van der Waals surface area (Å²) in [5.41, 5.74) is -1.02. The summed E-state index contributed by atoms with van der Waals surface area (Å²) in [4.78, 5) is 44.4. The van der Waals surface area contributed by atoms with Gasteiger partial charge in [-0.1, -0.05) is 5.16 Å². The van der Waals surface area contributed by atoms with E-state index in [1.54, 1.807) is 59.6 Å². The van der Waals surface area contributed by atoms with Gasteiger partial charge in [-0.05, 0) is 66.2 Å². The molecule has 3 aliphatic rings. The van der Waals surface area contributed by atoms with Gasteiger partial charge in [0.1, 0.15) is 16.9 Å². The normalized spacial score (nSPS) is 22.8. The van der Waals surface area contributed by atoms with Gasteiger partial charge in [0.05, 0.1) is 18.6 Å². The van der Waals surface area contributed by atoms with Gasteiger partial charge < -0.3 is 23.8 Å². The third kappa shape index (κ3) is 5.97. The molecule has 1 saturated carbocycles. The Balaban J connectivity index is 1.49. The van der Waals surface area contributed by atoms with Gasteiger partial charge in [0.15, 0.2) is 5.76 Å². The minimum Gasteiger partial charge on any atom is -0.444 e. The number of hydrogen-bond donors (Lipinski definition) is 2. The summed E-state index contributed by atoms with van der Waals surface area (Å²) >= 11 is 0. The quantitative estimate of drug-likeness (QED) is 0.346. The molecule has 37 heavy (non-hydrogen) atoms. The molecule has 0 radical (unpaired) electrons. The van der Waals surface area contributed by atoms with Gasteiger partial charge >= 0.3 is 18.2 Å². The summed E-state index contributed by atoms with van der Waals surface area (Å²) in [5.74, 6) is 0.337. The van der Waals surface area contributed by atoms with Crippen molar-refractivity contribution in [3.8, 4) is 0 Å². The SMILES string of the molecule is CN(Cc1cc([C@@H]2CC3(CC3)[C@H]3CN2C(=O)N3O)no1)/C(=N\C(=O)OC(C)(C)C)NC(=O)OC(C)(C)C. The average Bonchev–Trinajstić information content (AvgIpc) is 3.25. The van der Waals surface area contributed by atoms with Crippen molar-refractivity contribution in [2.75, 3.05) is 13.6 Å². The van der Waals surface area contributed by atoms with E-state index in [0.717, 1.165) is 17.9 Å². The minimum atomic E-state index is -0.878. The van der Waals surface area contributed by atoms with Gasteiger partial charge in [-0.2, -0.15) is 0 Å². The molecule has 13 heteroatoms. The molecule has 2 N–H and O–H groups in total. The summed E-state index contributed by atoms with van der Waals surface area (Å²) < 4.78 is 16.1. The maximum atomic E-state index is 12.6. The lowest BCUT2D eigenvalue weighted by atomic mass is 9.84. The second-order valence-electron chi connectivity index (χ2n) is 12.0. The number of alkyl carbamates (subject to hydrolysis) is 1. The molecule has 1 aliphatic carbocycles. The topological polar surface area (TPSA) is 150 Å². The number of carbonyl (C=O) groups excluding carboxylic acids is 3. The van der Waals surface area contributed by atoms with Crippen LogP contribution >= 0.6 is 0 Å². The van der Waals surface area contributed by atoms with Crippen LogP contribution in [0.15, 0.2) is 15.6 Å². The molecule has 2 atom stereocenters. The highest BCUT2D eigenvalue weighted by Gasteiger charge is 2.63. The Kier molecular flexibility index (Phi) is 6.63. The van der Waals surface area contributed by atoms with E-state index in [9.17, 15) is 19.6 Å². The molecule has 204 valence electrons. The molecule has 1 aromatic rings. The fraction of sp³-hybridized carbons (Fsp3) is 0.708. The summed E-state index contributed by atoms with van der Waals surface area (Å²) in [6.07, 6.45) is 0.957. The number of urea groups is 1. The summed E-state index contributed by atoms with van der Waals surface area (Å²) in [6, 6.07) is 0.831. The number of aromatic nitrogens is 1. The van der Waals surface area contributed by atoms with Crippen molar-refractivity contribution in [2.24, 2.45) is 10.4 Å². The first kappa shape index (κ1) is 26.7. The third-order valence-electron chi connectivity index (χ3n) is 6.56. The summed E-state index contributed by atoms with van der Waals surface area (Å²) in [7, 11) is 1.61. The van der Waals surface area contributed by atoms with Crippen LogP contribution in [-0.2, 0) is 16.0 Å². The molecule has 1 aromatic heterocycles. The molecule has 4 amide bonds. The highest BCUT2D eigenvalue weighted by molar-refractivity contribution is 5.98. The van der Waals surface area contributed by atoms with Crippen molar-refractivity contribution < 1.29 is 33.6 Å². The highest BCUT2D eigenvalue weighted by Crippen LogP contribution is 2.61. The molecule has 13 nitrogen and oxygen atoms in total. The maximum absolute atomic E-state index is 12.6. The van der Waals surface area contributed by atoms with Crippen LogP contribution in [0.3, 0.4) is 0 Å². The smallest absolute Gasteiger partial charge is 0.437 e. The van der Waals surface area contributed by atoms with Crippen LogP contribution in [-0.4, -0.2) is 80.2 Å². The molecule has 3 fully saturated rings. The van der Waals surface area contributed by atoms with Gasteiger partial charge in [-0.25, -0.2) is 19.4 Å². The van der Waals surface area contributed by atoms with Crippen molar-refractivity contribution in [2.45, 2.75) is 90.6 Å². The lowest BCUT2D eigenvalue weighted by Crippen LogP contribution is -2.44. The molecule has 1 spiro atoms. The van der Waals surface area contributed by atoms with Crippen LogP contribution in [0.5, 0.6) is 0 Å². The molecule has 0 aromatic carbocycles. The lowest BCUT2D eigenvalue weighted by Gasteiger charge is -2.35. The first-order chi connectivity index (χ1) is 17.1. The van der Waals surface area contributed by atoms with Crippen molar-refractivity contribution in [3.63, 3.8) is 0 Å². The fourth-order valence-corrected chi connectivity index (χ4v) is 4.76. The number of amides is 4. The molecule has 2 bridgehead atoms. The standard InChI is InChI=1S/C24H36N6O7/c1-22(2,3)35-19(31)25-18(26-20(32)36-23(4,5)6)28(7)12-14-10-15(27-37-14)16-11-24(8-9-24)17-13-29(16)21(33)30(17)34/h10,16-17,34H,8-9,11-13H2,1-7H3,(H,25,26,31,32)/t16-,17+/m0/s1. The van der Waals surface area contributed by atoms with Gasteiger partial charge in [0.25, 0.3) is 0 Å². The zero-order chi connectivity index (χ0) is 27.3. The van der Waals surface area contributed by atoms with Crippen LogP contribution in [0, 0.1) is 5.41 Å². The van der Waals surface area contributed by atoms with Crippen LogP contribution in [0.25, 0.3) is 0 Å². The number of ether oxygens (including phenoxy) is 2. The van der Waals surface area contributed by atoms with E-state index in [1.165, 1.54) is 4.90 Å². The third-order valence-corrected chi connectivity index (χ3v) is 6.56. The van der Waals surface area contributed by atoms with E-state index >= 15 is 0 Å². The molecular formula is C24H36N6O7. The Hall–Kier alpha value is -3.35. The number of hydroxylamine groups is 2. The molecule has 4 rings (SSSR count). The Morgan fingerprint density at radius 3 is 2.49 bits per heavy atom. The van der Waals surface area contributed by atoms with Crippen LogP contribution in [0.1, 0.15) is 78.3 Å². The van der Waals surface area contributed by atoms with Crippen LogP contribution in [0.4, 0.5) is 14.4 Å². The summed E-state index contributed by atoms with van der Waals surface area (Å²) in [5, 5.41) is 17.8. The second-order valence-corrected chi connectivity index (χ2v) is 12.0. The number of rotatable bonds is 3. The Labute approximate surface area is 215 Å². The van der Waals surface area contributed by atoms with Crippen molar-refractivity contribution in [1.82, 2.24) is 25.3 Å². The molecule has 3 heterocycles. The second kappa shape index (κ2) is 9.19. The van der Waals surface area contributed by atoms with Gasteiger partial charge in [-0.3, -0.25) is 10.5 Å². The number of fused-ring (bicyclic) bond motifs is 3. The minimum absolute atomic E-state index is 0.0808. The van der Waals surface area contributed by atoms with Crippen LogP contribution in [0.2, 0.25) is 0 Å². The Morgan fingerprint density at radius 2 is 1.89 bits per heavy atom. The number of piperidine rings is 1. The van der Waals surface area contributed by atoms with Gasteiger partial charge in [0, 0.05) is 19.7 Å². The first-order valence-electron chi connectivity index (χ1n) is 12.3. The predicted molar refractivity (Wildman–Crippen MR) is 130 cm³/mol. The van der Waals surface area contributed by atoms with Crippen molar-refractivity contribution in [1.29, 1.82) is 0 Å². The van der Waals surface area contributed by atoms with E-state index in [0.29, 0.717) is 24.4 Å². The van der Waals surface area contributed by atoms with E-state index in [1.807, 2.05) is 0 Å². The van der Waals surface area contributed by atoms with Crippen LogP contribution < -0.4 is 5.32 Å². The largest absolute Gasteiger partial charge is 0.444 e. The molecule has 2 aliphatic heterocycles. The number of guanidine groups is 1. The number of nitrogens with one attached hydrogen (secondary N) is 1. The van der Waals surface area contributed by atoms with Crippen molar-refractivity contribution in [3.05, 3.63) is 17.5 Å². The first-order valence-corrected chi connectivity index (χ1v) is 12.3. The van der Waals surface area contributed by atoms with E-state index in [-0.39, 0.29) is 30.0 Å². The monoisotopic (exact) mass is 520 g/mol. The Bertz CT molecular complexity index is 1100. The number of hydrogen-bond acceptors (Lipinski definition) is 8. The zero-order valence-corrected chi connectivity index (χ0v) is 22.4. The molecule has 2 saturated heterocycles. The highest BCUT2D eigenvalue weighted by atomic mass is 16.6. The van der Waals surface area contributed by atoms with E-state index in [2.05, 4.69) is 15.5 Å². The number of aliphatic imine (C=N–C) groups is 1. The average molecular weight is 521 g/mol. The zero-order valence-electron chi connectivity index (χ0n) is 22.4. The summed E-state index contributed by atoms with van der Waals surface area (Å²) in [6.45, 7) is 10.8. The van der Waals surface area contributed by atoms with Crippen molar-refractivity contribution >= 4 is 24.2 Å². The fourth-order valence-electron chi connectivity index (χ4n) is 4.76. The molecular weight excluding hydrogens is 484 g/mol. The van der Waals surface area contributed by atoms with E-state index < -0.39 is 29.4 Å². The molecule has 0 unspecified atom stereocenters. The van der Waals surface area contributed by atoms with E-state index in [4.69, 9.17) is 14.0 Å². The lowest BCUT2D eigenvalue weighted by molar-refractivity contribution is -0.0782.